The Kier molecular flexibility index (Phi) is 6.01. The van der Waals surface area contributed by atoms with Crippen molar-refractivity contribution in [2.45, 2.75) is 20.4 Å². The molecule has 68 valence electrons. The minimum absolute atomic E-state index is 0.608. The average molecular weight is 167 g/mol. The topological polar surface area (TPSA) is 50.9 Å². The van der Waals surface area contributed by atoms with Gasteiger partial charge in [-0.15, -0.1) is 0 Å². The molecule has 3 heteroatoms. The Balaban J connectivity index is 0.000000561. The van der Waals surface area contributed by atoms with E-state index in [9.17, 15) is 0 Å². The normalized spacial score (nSPS) is 8.58. The number of nitrogens with two attached hydrogens (primary N) is 1. The minimum atomic E-state index is 0.608. The van der Waals surface area contributed by atoms with Crippen LogP contribution in [0.15, 0.2) is 18.3 Å². The van der Waals surface area contributed by atoms with E-state index in [0.717, 1.165) is 12.1 Å². The van der Waals surface area contributed by atoms with Crippen molar-refractivity contribution in [1.29, 1.82) is 0 Å². The molecule has 1 heterocycles. The van der Waals surface area contributed by atoms with Gasteiger partial charge in [-0.2, -0.15) is 0 Å². The predicted octanol–water partition coefficient (Wildman–Crippen LogP) is 1.41. The lowest BCUT2D eigenvalue weighted by molar-refractivity contribution is 0.816. The average Bonchev–Trinajstić information content (AvgIpc) is 2.13. The Labute approximate surface area is 74.0 Å². The number of aromatic nitrogens is 1. The van der Waals surface area contributed by atoms with Crippen LogP contribution in [-0.2, 0) is 6.54 Å². The maximum Gasteiger partial charge on any atom is 0.127 e. The summed E-state index contributed by atoms with van der Waals surface area (Å²) in [7, 11) is 1.88. The van der Waals surface area contributed by atoms with Crippen LogP contribution in [0.25, 0.3) is 0 Å². The Morgan fingerprint density at radius 2 is 2.17 bits per heavy atom. The van der Waals surface area contributed by atoms with E-state index in [1.807, 2.05) is 33.0 Å². The predicted molar refractivity (Wildman–Crippen MR) is 52.8 cm³/mol. The Morgan fingerprint density at radius 1 is 1.50 bits per heavy atom. The summed E-state index contributed by atoms with van der Waals surface area (Å²) >= 11 is 0. The Hall–Kier alpha value is -1.09. The van der Waals surface area contributed by atoms with Crippen LogP contribution in [-0.4, -0.2) is 12.0 Å². The van der Waals surface area contributed by atoms with E-state index in [1.165, 1.54) is 0 Å². The third-order valence-corrected chi connectivity index (χ3v) is 1.29. The maximum atomic E-state index is 5.56. The quantitative estimate of drug-likeness (QED) is 0.700. The first-order chi connectivity index (χ1) is 5.84. The van der Waals surface area contributed by atoms with Gasteiger partial charge in [0.15, 0.2) is 0 Å². The molecule has 0 radical (unpaired) electrons. The highest BCUT2D eigenvalue weighted by molar-refractivity contribution is 5.37. The Bertz CT molecular complexity index is 211. The van der Waals surface area contributed by atoms with E-state index in [4.69, 9.17) is 5.73 Å². The summed E-state index contributed by atoms with van der Waals surface area (Å²) in [5.41, 5.74) is 6.60. The molecule has 1 aromatic heterocycles. The summed E-state index contributed by atoms with van der Waals surface area (Å²) in [4.78, 5) is 3.94. The molecule has 0 saturated carbocycles. The second-order valence-corrected chi connectivity index (χ2v) is 2.08. The van der Waals surface area contributed by atoms with Crippen molar-refractivity contribution in [2.24, 2.45) is 0 Å². The molecular weight excluding hydrogens is 150 g/mol. The van der Waals surface area contributed by atoms with Crippen molar-refractivity contribution in [1.82, 2.24) is 10.3 Å². The van der Waals surface area contributed by atoms with Crippen LogP contribution in [0.3, 0.4) is 0 Å². The zero-order valence-electron chi connectivity index (χ0n) is 7.96. The number of nitrogens with one attached hydrogen (secondary N) is 1. The first kappa shape index (κ1) is 10.9. The van der Waals surface area contributed by atoms with E-state index in [1.54, 1.807) is 6.20 Å². The van der Waals surface area contributed by atoms with E-state index in [0.29, 0.717) is 5.82 Å². The van der Waals surface area contributed by atoms with Gasteiger partial charge in [0.25, 0.3) is 0 Å². The van der Waals surface area contributed by atoms with Crippen LogP contribution in [0.2, 0.25) is 0 Å². The number of rotatable bonds is 2. The molecule has 0 unspecified atom stereocenters. The summed E-state index contributed by atoms with van der Waals surface area (Å²) in [6, 6.07) is 3.84. The monoisotopic (exact) mass is 167 g/mol. The molecular formula is C9H17N3. The van der Waals surface area contributed by atoms with E-state index < -0.39 is 0 Å². The number of hydrogen-bond donors (Lipinski definition) is 2. The van der Waals surface area contributed by atoms with Gasteiger partial charge in [-0.05, 0) is 13.1 Å². The van der Waals surface area contributed by atoms with Crippen LogP contribution >= 0.6 is 0 Å². The molecule has 0 aliphatic carbocycles. The minimum Gasteiger partial charge on any atom is -0.383 e. The SMILES string of the molecule is CC.CNCc1cccnc1N. The highest BCUT2D eigenvalue weighted by Crippen LogP contribution is 2.04. The molecule has 0 fully saturated rings. The van der Waals surface area contributed by atoms with Gasteiger partial charge in [0.1, 0.15) is 5.82 Å². The lowest BCUT2D eigenvalue weighted by atomic mass is 10.2. The molecule has 12 heavy (non-hydrogen) atoms. The van der Waals surface area contributed by atoms with Crippen molar-refractivity contribution in [3.8, 4) is 0 Å². The van der Waals surface area contributed by atoms with Crippen LogP contribution < -0.4 is 11.1 Å². The van der Waals surface area contributed by atoms with Crippen molar-refractivity contribution >= 4 is 5.82 Å². The first-order valence-electron chi connectivity index (χ1n) is 4.18. The largest absolute Gasteiger partial charge is 0.383 e. The van der Waals surface area contributed by atoms with Crippen LogP contribution in [0.5, 0.6) is 0 Å². The summed E-state index contributed by atoms with van der Waals surface area (Å²) < 4.78 is 0. The van der Waals surface area contributed by atoms with Gasteiger partial charge in [0.2, 0.25) is 0 Å². The van der Waals surface area contributed by atoms with E-state index >= 15 is 0 Å². The molecule has 0 saturated heterocycles. The van der Waals surface area contributed by atoms with Crippen molar-refractivity contribution in [2.75, 3.05) is 12.8 Å². The second-order valence-electron chi connectivity index (χ2n) is 2.08. The molecule has 1 rings (SSSR count). The fraction of sp³-hybridized carbons (Fsp3) is 0.444. The van der Waals surface area contributed by atoms with Crippen LogP contribution in [0, 0.1) is 0 Å². The molecule has 0 aliphatic rings. The lowest BCUT2D eigenvalue weighted by Gasteiger charge is -2.00. The smallest absolute Gasteiger partial charge is 0.127 e. The van der Waals surface area contributed by atoms with Gasteiger partial charge < -0.3 is 11.1 Å². The highest BCUT2D eigenvalue weighted by atomic mass is 14.9. The molecule has 0 atom stereocenters. The number of nitrogens with zero attached hydrogens (tertiary/aromatic N) is 1. The van der Waals surface area contributed by atoms with Gasteiger partial charge in [-0.25, -0.2) is 4.98 Å². The van der Waals surface area contributed by atoms with Gasteiger partial charge in [-0.1, -0.05) is 19.9 Å². The standard InChI is InChI=1S/C7H11N3.C2H6/c1-9-5-6-3-2-4-10-7(6)8;1-2/h2-4,9H,5H2,1H3,(H2,8,10);1-2H3. The highest BCUT2D eigenvalue weighted by Gasteiger charge is 1.94. The molecule has 0 spiro atoms. The van der Waals surface area contributed by atoms with Crippen molar-refractivity contribution in [3.05, 3.63) is 23.9 Å². The third kappa shape index (κ3) is 3.34. The number of anilines is 1. The van der Waals surface area contributed by atoms with Gasteiger partial charge in [0.05, 0.1) is 0 Å². The zero-order valence-corrected chi connectivity index (χ0v) is 7.96. The number of hydrogen-bond acceptors (Lipinski definition) is 3. The van der Waals surface area contributed by atoms with Gasteiger partial charge in [0, 0.05) is 18.3 Å². The lowest BCUT2D eigenvalue weighted by Crippen LogP contribution is -2.08. The zero-order chi connectivity index (χ0) is 9.40. The molecule has 1 aromatic rings. The molecule has 0 aromatic carbocycles. The van der Waals surface area contributed by atoms with Gasteiger partial charge in [-0.3, -0.25) is 0 Å². The van der Waals surface area contributed by atoms with E-state index in [2.05, 4.69) is 10.3 Å². The fourth-order valence-electron chi connectivity index (χ4n) is 0.791. The number of pyridine rings is 1. The van der Waals surface area contributed by atoms with Crippen molar-refractivity contribution < 1.29 is 0 Å². The van der Waals surface area contributed by atoms with E-state index in [-0.39, 0.29) is 0 Å². The van der Waals surface area contributed by atoms with Crippen LogP contribution in [0.1, 0.15) is 19.4 Å². The summed E-state index contributed by atoms with van der Waals surface area (Å²) in [6.07, 6.45) is 1.69. The fourth-order valence-corrected chi connectivity index (χ4v) is 0.791. The molecule has 3 nitrogen and oxygen atoms in total. The third-order valence-electron chi connectivity index (χ3n) is 1.29. The summed E-state index contributed by atoms with van der Waals surface area (Å²) in [5.74, 6) is 0.608. The second kappa shape index (κ2) is 6.61. The van der Waals surface area contributed by atoms with Gasteiger partial charge >= 0.3 is 0 Å². The molecule has 0 bridgehead atoms. The Morgan fingerprint density at radius 3 is 2.67 bits per heavy atom. The van der Waals surface area contributed by atoms with Crippen molar-refractivity contribution in [3.63, 3.8) is 0 Å². The van der Waals surface area contributed by atoms with Crippen LogP contribution in [0.4, 0.5) is 5.82 Å². The molecule has 0 amide bonds. The first-order valence-corrected chi connectivity index (χ1v) is 4.18. The maximum absolute atomic E-state index is 5.56. The molecule has 3 N–H and O–H groups in total. The summed E-state index contributed by atoms with van der Waals surface area (Å²) in [5, 5.41) is 3.00. The summed E-state index contributed by atoms with van der Waals surface area (Å²) in [6.45, 7) is 4.78. The number of nitrogen functional groups attached to an aromatic ring is 1. The molecule has 0 aliphatic heterocycles.